The fourth-order valence-corrected chi connectivity index (χ4v) is 2.55. The van der Waals surface area contributed by atoms with Crippen molar-refractivity contribution in [1.82, 2.24) is 14.7 Å². The fraction of sp³-hybridized carbons (Fsp3) is 0.316. The Labute approximate surface area is 158 Å². The summed E-state index contributed by atoms with van der Waals surface area (Å²) in [5.41, 5.74) is 1.97. The molecule has 0 aliphatic carbocycles. The number of esters is 1. The molecule has 0 unspecified atom stereocenters. The first kappa shape index (κ1) is 19.7. The molecule has 6 nitrogen and oxygen atoms in total. The maximum Gasteiger partial charge on any atom is 0.358 e. The lowest BCUT2D eigenvalue weighted by Gasteiger charge is -2.11. The Morgan fingerprint density at radius 3 is 2.62 bits per heavy atom. The molecular formula is C19H22ClN3O3. The number of allylic oxidation sites excluding steroid dienone is 1. The van der Waals surface area contributed by atoms with E-state index in [-0.39, 0.29) is 23.8 Å². The molecule has 0 N–H and O–H groups in total. The number of hydrogen-bond donors (Lipinski definition) is 0. The van der Waals surface area contributed by atoms with Gasteiger partial charge in [-0.2, -0.15) is 5.10 Å². The first-order valence-corrected chi connectivity index (χ1v) is 8.70. The molecule has 0 atom stereocenters. The average molecular weight is 376 g/mol. The predicted molar refractivity (Wildman–Crippen MR) is 101 cm³/mol. The maximum atomic E-state index is 12.7. The van der Waals surface area contributed by atoms with Gasteiger partial charge in [0.05, 0.1) is 12.3 Å². The first-order valence-electron chi connectivity index (χ1n) is 8.32. The molecule has 0 saturated carbocycles. The van der Waals surface area contributed by atoms with E-state index in [0.29, 0.717) is 10.7 Å². The molecule has 2 aromatic rings. The molecule has 0 radical (unpaired) electrons. The van der Waals surface area contributed by atoms with Gasteiger partial charge in [-0.3, -0.25) is 4.79 Å². The number of carbonyl (C=O) groups excluding carboxylic acids is 2. The van der Waals surface area contributed by atoms with Crippen LogP contribution in [0.25, 0.3) is 5.69 Å². The lowest BCUT2D eigenvalue weighted by atomic mass is 10.1. The van der Waals surface area contributed by atoms with Crippen molar-refractivity contribution in [2.45, 2.75) is 20.3 Å². The van der Waals surface area contributed by atoms with Gasteiger partial charge in [-0.05, 0) is 31.0 Å². The van der Waals surface area contributed by atoms with Crippen LogP contribution in [0.2, 0.25) is 5.02 Å². The second-order valence-corrected chi connectivity index (χ2v) is 6.25. The van der Waals surface area contributed by atoms with Crippen LogP contribution in [-0.2, 0) is 11.2 Å². The number of rotatable bonds is 7. The van der Waals surface area contributed by atoms with Crippen LogP contribution >= 0.6 is 11.6 Å². The number of hydrogen-bond acceptors (Lipinski definition) is 5. The summed E-state index contributed by atoms with van der Waals surface area (Å²) in [5.74, 6) is -0.847. The van der Waals surface area contributed by atoms with Crippen molar-refractivity contribution in [3.63, 3.8) is 0 Å². The van der Waals surface area contributed by atoms with Gasteiger partial charge in [0.25, 0.3) is 0 Å². The minimum absolute atomic E-state index is 0.0791. The number of halogens is 1. The highest BCUT2D eigenvalue weighted by atomic mass is 35.5. The van der Waals surface area contributed by atoms with Gasteiger partial charge in [-0.1, -0.05) is 24.6 Å². The minimum Gasteiger partial charge on any atom is -0.461 e. The van der Waals surface area contributed by atoms with Crippen LogP contribution in [0.3, 0.4) is 0 Å². The van der Waals surface area contributed by atoms with E-state index in [1.165, 1.54) is 16.8 Å². The first-order chi connectivity index (χ1) is 12.4. The summed E-state index contributed by atoms with van der Waals surface area (Å²) in [6, 6.07) is 6.84. The van der Waals surface area contributed by atoms with Crippen LogP contribution in [0.5, 0.6) is 0 Å². The number of ketones is 1. The fourth-order valence-electron chi connectivity index (χ4n) is 2.38. The molecule has 2 rings (SSSR count). The van der Waals surface area contributed by atoms with Gasteiger partial charge in [-0.25, -0.2) is 9.48 Å². The van der Waals surface area contributed by atoms with Crippen LogP contribution in [0.1, 0.15) is 40.4 Å². The summed E-state index contributed by atoms with van der Waals surface area (Å²) in [6.45, 7) is 3.94. The summed E-state index contributed by atoms with van der Waals surface area (Å²) < 4.78 is 6.47. The number of carbonyl (C=O) groups is 2. The van der Waals surface area contributed by atoms with Crippen LogP contribution in [-0.4, -0.2) is 47.1 Å². The van der Waals surface area contributed by atoms with E-state index in [0.717, 1.165) is 12.0 Å². The van der Waals surface area contributed by atoms with E-state index < -0.39 is 5.97 Å². The molecule has 1 aromatic heterocycles. The summed E-state index contributed by atoms with van der Waals surface area (Å²) in [5, 5.41) is 4.83. The Morgan fingerprint density at radius 1 is 1.27 bits per heavy atom. The van der Waals surface area contributed by atoms with Crippen molar-refractivity contribution >= 4 is 23.4 Å². The smallest absolute Gasteiger partial charge is 0.358 e. The molecule has 1 heterocycles. The van der Waals surface area contributed by atoms with Gasteiger partial charge in [0.1, 0.15) is 5.69 Å². The monoisotopic (exact) mass is 375 g/mol. The summed E-state index contributed by atoms with van der Waals surface area (Å²) >= 11 is 6.14. The average Bonchev–Trinajstić information content (AvgIpc) is 3.05. The van der Waals surface area contributed by atoms with Crippen molar-refractivity contribution in [3.8, 4) is 5.69 Å². The van der Waals surface area contributed by atoms with E-state index >= 15 is 0 Å². The maximum absolute atomic E-state index is 12.7. The third-order valence-electron chi connectivity index (χ3n) is 3.63. The standard InChI is InChI=1S/C19H22ClN3O3/c1-5-13-7-8-14(20)11-16(13)23-17(18(24)9-10-22(3)4)12-15(21-23)19(25)26-6-2/h7-12H,5-6H2,1-4H3. The second-order valence-electron chi connectivity index (χ2n) is 5.82. The van der Waals surface area contributed by atoms with Crippen molar-refractivity contribution < 1.29 is 14.3 Å². The Kier molecular flexibility index (Phi) is 6.58. The molecule has 0 bridgehead atoms. The van der Waals surface area contributed by atoms with Crippen LogP contribution < -0.4 is 0 Å². The zero-order valence-corrected chi connectivity index (χ0v) is 16.1. The SMILES string of the molecule is CCOC(=O)c1cc(C(=O)C=CN(C)C)n(-c2cc(Cl)ccc2CC)n1. The van der Waals surface area contributed by atoms with E-state index in [1.54, 1.807) is 30.2 Å². The molecule has 0 saturated heterocycles. The normalized spacial score (nSPS) is 11.0. The largest absolute Gasteiger partial charge is 0.461 e. The van der Waals surface area contributed by atoms with Crippen LogP contribution in [0.4, 0.5) is 0 Å². The highest BCUT2D eigenvalue weighted by molar-refractivity contribution is 6.30. The highest BCUT2D eigenvalue weighted by Crippen LogP contribution is 2.23. The van der Waals surface area contributed by atoms with Crippen molar-refractivity contribution in [2.24, 2.45) is 0 Å². The van der Waals surface area contributed by atoms with Gasteiger partial charge in [0.2, 0.25) is 5.78 Å². The van der Waals surface area contributed by atoms with Crippen molar-refractivity contribution in [2.75, 3.05) is 20.7 Å². The Balaban J connectivity index is 2.61. The molecule has 0 aliphatic heterocycles. The van der Waals surface area contributed by atoms with Gasteiger partial charge in [0, 0.05) is 37.5 Å². The van der Waals surface area contributed by atoms with Gasteiger partial charge >= 0.3 is 5.97 Å². The quantitative estimate of drug-likeness (QED) is 0.421. The zero-order chi connectivity index (χ0) is 19.3. The molecule has 138 valence electrons. The Hall–Kier alpha value is -2.60. The molecule has 0 aliphatic rings. The molecule has 0 amide bonds. The predicted octanol–water partition coefficient (Wildman–Crippen LogP) is 3.52. The summed E-state index contributed by atoms with van der Waals surface area (Å²) in [4.78, 5) is 26.5. The third kappa shape index (κ3) is 4.52. The highest BCUT2D eigenvalue weighted by Gasteiger charge is 2.21. The van der Waals surface area contributed by atoms with Crippen molar-refractivity contribution in [3.05, 3.63) is 58.5 Å². The van der Waals surface area contributed by atoms with Crippen molar-refractivity contribution in [1.29, 1.82) is 0 Å². The van der Waals surface area contributed by atoms with Gasteiger partial charge < -0.3 is 9.64 Å². The molecule has 0 fully saturated rings. The lowest BCUT2D eigenvalue weighted by molar-refractivity contribution is 0.0519. The molecule has 26 heavy (non-hydrogen) atoms. The number of aryl methyl sites for hydroxylation is 1. The lowest BCUT2D eigenvalue weighted by Crippen LogP contribution is -2.11. The Bertz CT molecular complexity index is 841. The number of ether oxygens (including phenoxy) is 1. The molecule has 7 heteroatoms. The molecular weight excluding hydrogens is 354 g/mol. The second kappa shape index (κ2) is 8.67. The van der Waals surface area contributed by atoms with Gasteiger partial charge in [0.15, 0.2) is 5.69 Å². The van der Waals surface area contributed by atoms with Gasteiger partial charge in [-0.15, -0.1) is 0 Å². The summed E-state index contributed by atoms with van der Waals surface area (Å²) in [7, 11) is 3.63. The number of aromatic nitrogens is 2. The zero-order valence-electron chi connectivity index (χ0n) is 15.3. The van der Waals surface area contributed by atoms with E-state index in [4.69, 9.17) is 16.3 Å². The topological polar surface area (TPSA) is 64.4 Å². The number of benzene rings is 1. The minimum atomic E-state index is -0.572. The Morgan fingerprint density at radius 2 is 2.00 bits per heavy atom. The van der Waals surface area contributed by atoms with E-state index in [9.17, 15) is 9.59 Å². The number of nitrogens with zero attached hydrogens (tertiary/aromatic N) is 3. The third-order valence-corrected chi connectivity index (χ3v) is 3.86. The molecule has 0 spiro atoms. The van der Waals surface area contributed by atoms with Crippen LogP contribution in [0, 0.1) is 0 Å². The summed E-state index contributed by atoms with van der Waals surface area (Å²) in [6.07, 6.45) is 3.79. The van der Waals surface area contributed by atoms with E-state index in [1.807, 2.05) is 27.1 Å². The van der Waals surface area contributed by atoms with E-state index in [2.05, 4.69) is 5.10 Å². The molecule has 1 aromatic carbocycles. The van der Waals surface area contributed by atoms with Crippen LogP contribution in [0.15, 0.2) is 36.5 Å².